The Bertz CT molecular complexity index is 1020. The van der Waals surface area contributed by atoms with Gasteiger partial charge in [-0.3, -0.25) is 9.59 Å². The highest BCUT2D eigenvalue weighted by molar-refractivity contribution is 6.07. The minimum Gasteiger partial charge on any atom is -0.492 e. The largest absolute Gasteiger partial charge is 0.492 e. The van der Waals surface area contributed by atoms with Gasteiger partial charge in [-0.15, -0.1) is 0 Å². The molecule has 0 aromatic heterocycles. The van der Waals surface area contributed by atoms with Crippen LogP contribution in [0.5, 0.6) is 11.5 Å². The molecule has 7 heteroatoms. The van der Waals surface area contributed by atoms with E-state index in [9.17, 15) is 14.7 Å². The van der Waals surface area contributed by atoms with Crippen molar-refractivity contribution in [2.24, 2.45) is 0 Å². The molecule has 2 aromatic carbocycles. The molecular weight excluding hydrogens is 456 g/mol. The maximum atomic E-state index is 13.0. The van der Waals surface area contributed by atoms with Crippen LogP contribution in [0.15, 0.2) is 30.3 Å². The molecule has 1 aliphatic heterocycles. The summed E-state index contributed by atoms with van der Waals surface area (Å²) < 4.78 is 11.5. The molecule has 1 unspecified atom stereocenters. The van der Waals surface area contributed by atoms with Crippen LogP contribution in [0.4, 0.5) is 11.4 Å². The van der Waals surface area contributed by atoms with Crippen molar-refractivity contribution in [3.05, 3.63) is 47.0 Å². The van der Waals surface area contributed by atoms with Crippen molar-refractivity contribution in [2.45, 2.75) is 84.2 Å². The van der Waals surface area contributed by atoms with E-state index in [0.717, 1.165) is 24.8 Å². The summed E-state index contributed by atoms with van der Waals surface area (Å²) in [5.74, 6) is 0.211. The molecule has 7 nitrogen and oxygen atoms in total. The number of aryl methyl sites for hydroxylation is 1. The predicted molar refractivity (Wildman–Crippen MR) is 143 cm³/mol. The maximum Gasteiger partial charge on any atom is 0.255 e. The zero-order chi connectivity index (χ0) is 25.9. The topological polar surface area (TPSA) is 96.9 Å². The molecule has 0 fully saturated rings. The standard InChI is InChI=1S/C29H40N2O5/c1-4-5-6-7-8-9-10-11-12-25(33)30-23-19-22-24(32)17-18-36-27(22)26(28(23)35-3)31-29(34)21-15-13-20(2)14-16-21/h13-16,19,24,32H,4-12,17-18H2,1-3H3,(H,30,33)(H,31,34). The number of rotatable bonds is 13. The Labute approximate surface area is 214 Å². The van der Waals surface area contributed by atoms with Crippen molar-refractivity contribution in [3.8, 4) is 11.5 Å². The number of ether oxygens (including phenoxy) is 2. The van der Waals surface area contributed by atoms with Crippen LogP contribution in [-0.4, -0.2) is 30.6 Å². The fraction of sp³-hybridized carbons (Fsp3) is 0.517. The van der Waals surface area contributed by atoms with E-state index < -0.39 is 6.10 Å². The van der Waals surface area contributed by atoms with Crippen LogP contribution in [0, 0.1) is 6.92 Å². The number of carbonyl (C=O) groups is 2. The van der Waals surface area contributed by atoms with Gasteiger partial charge < -0.3 is 25.2 Å². The van der Waals surface area contributed by atoms with E-state index in [4.69, 9.17) is 9.47 Å². The van der Waals surface area contributed by atoms with Gasteiger partial charge in [0.2, 0.25) is 5.91 Å². The number of anilines is 2. The summed E-state index contributed by atoms with van der Waals surface area (Å²) in [4.78, 5) is 25.8. The third-order valence-corrected chi connectivity index (χ3v) is 6.55. The number of hydrogen-bond donors (Lipinski definition) is 3. The van der Waals surface area contributed by atoms with Gasteiger partial charge in [-0.2, -0.15) is 0 Å². The van der Waals surface area contributed by atoms with Gasteiger partial charge in [0.25, 0.3) is 5.91 Å². The molecule has 1 atom stereocenters. The normalized spacial score (nSPS) is 14.5. The van der Waals surface area contributed by atoms with Crippen LogP contribution < -0.4 is 20.1 Å². The van der Waals surface area contributed by atoms with Crippen LogP contribution in [0.2, 0.25) is 0 Å². The monoisotopic (exact) mass is 496 g/mol. The number of amides is 2. The highest BCUT2D eigenvalue weighted by atomic mass is 16.5. The summed E-state index contributed by atoms with van der Waals surface area (Å²) in [6, 6.07) is 8.90. The number of fused-ring (bicyclic) bond motifs is 1. The molecule has 3 N–H and O–H groups in total. The molecule has 0 saturated heterocycles. The van der Waals surface area contributed by atoms with E-state index in [1.807, 2.05) is 19.1 Å². The van der Waals surface area contributed by atoms with Gasteiger partial charge >= 0.3 is 0 Å². The molecule has 0 spiro atoms. The Kier molecular flexibility index (Phi) is 10.6. The van der Waals surface area contributed by atoms with Crippen molar-refractivity contribution in [3.63, 3.8) is 0 Å². The molecule has 0 radical (unpaired) electrons. The Morgan fingerprint density at radius 3 is 2.36 bits per heavy atom. The highest BCUT2D eigenvalue weighted by Gasteiger charge is 2.29. The van der Waals surface area contributed by atoms with Gasteiger partial charge in [-0.25, -0.2) is 0 Å². The smallest absolute Gasteiger partial charge is 0.255 e. The molecule has 1 heterocycles. The summed E-state index contributed by atoms with van der Waals surface area (Å²) in [5, 5.41) is 16.4. The third kappa shape index (κ3) is 7.47. The molecule has 0 saturated carbocycles. The number of carbonyl (C=O) groups excluding carboxylic acids is 2. The van der Waals surface area contributed by atoms with Gasteiger partial charge in [-0.1, -0.05) is 69.6 Å². The number of benzene rings is 2. The Balaban J connectivity index is 1.73. The lowest BCUT2D eigenvalue weighted by Crippen LogP contribution is -2.21. The lowest BCUT2D eigenvalue weighted by molar-refractivity contribution is -0.116. The van der Waals surface area contributed by atoms with Crippen molar-refractivity contribution in [1.29, 1.82) is 0 Å². The summed E-state index contributed by atoms with van der Waals surface area (Å²) in [6.07, 6.45) is 9.32. The molecule has 196 valence electrons. The number of hydrogen-bond acceptors (Lipinski definition) is 5. The van der Waals surface area contributed by atoms with Crippen molar-refractivity contribution < 1.29 is 24.2 Å². The van der Waals surface area contributed by atoms with E-state index in [-0.39, 0.29) is 11.8 Å². The molecular formula is C29H40N2O5. The lowest BCUT2D eigenvalue weighted by atomic mass is 10.00. The summed E-state index contributed by atoms with van der Waals surface area (Å²) >= 11 is 0. The second-order valence-electron chi connectivity index (χ2n) is 9.50. The fourth-order valence-corrected chi connectivity index (χ4v) is 4.44. The van der Waals surface area contributed by atoms with E-state index >= 15 is 0 Å². The van der Waals surface area contributed by atoms with Crippen LogP contribution >= 0.6 is 0 Å². The molecule has 36 heavy (non-hydrogen) atoms. The molecule has 0 aliphatic carbocycles. The first kappa shape index (κ1) is 27.5. The first-order chi connectivity index (χ1) is 17.4. The van der Waals surface area contributed by atoms with Crippen LogP contribution in [-0.2, 0) is 4.79 Å². The lowest BCUT2D eigenvalue weighted by Gasteiger charge is -2.27. The van der Waals surface area contributed by atoms with Crippen molar-refractivity contribution in [1.82, 2.24) is 0 Å². The van der Waals surface area contributed by atoms with E-state index in [0.29, 0.717) is 53.4 Å². The second-order valence-corrected chi connectivity index (χ2v) is 9.50. The quantitative estimate of drug-likeness (QED) is 0.274. The van der Waals surface area contributed by atoms with Crippen molar-refractivity contribution in [2.75, 3.05) is 24.4 Å². The summed E-state index contributed by atoms with van der Waals surface area (Å²) in [7, 11) is 1.48. The molecule has 0 bridgehead atoms. The predicted octanol–water partition coefficient (Wildman–Crippen LogP) is 6.54. The number of aliphatic hydroxyl groups is 1. The number of aliphatic hydroxyl groups excluding tert-OH is 1. The Hall–Kier alpha value is -3.06. The Morgan fingerprint density at radius 1 is 1.03 bits per heavy atom. The SMILES string of the molecule is CCCCCCCCCCC(=O)Nc1cc2c(c(NC(=O)c3ccc(C)cc3)c1OC)OCCC2O. The molecule has 2 amide bonds. The zero-order valence-corrected chi connectivity index (χ0v) is 21.8. The van der Waals surface area contributed by atoms with Gasteiger partial charge in [0.15, 0.2) is 11.5 Å². The van der Waals surface area contributed by atoms with Crippen LogP contribution in [0.1, 0.15) is 98.7 Å². The first-order valence-electron chi connectivity index (χ1n) is 13.2. The van der Waals surface area contributed by atoms with E-state index in [2.05, 4.69) is 17.6 Å². The number of methoxy groups -OCH3 is 1. The highest BCUT2D eigenvalue weighted by Crippen LogP contribution is 2.48. The molecule has 2 aromatic rings. The van der Waals surface area contributed by atoms with Crippen LogP contribution in [0.3, 0.4) is 0 Å². The minimum atomic E-state index is -0.766. The van der Waals surface area contributed by atoms with Crippen LogP contribution in [0.25, 0.3) is 0 Å². The van der Waals surface area contributed by atoms with Crippen molar-refractivity contribution >= 4 is 23.2 Å². The average molecular weight is 497 g/mol. The van der Waals surface area contributed by atoms with E-state index in [1.165, 1.54) is 39.2 Å². The fourth-order valence-electron chi connectivity index (χ4n) is 4.44. The van der Waals surface area contributed by atoms with Gasteiger partial charge in [0, 0.05) is 24.0 Å². The van der Waals surface area contributed by atoms with Gasteiger partial charge in [0.1, 0.15) is 5.69 Å². The van der Waals surface area contributed by atoms with Gasteiger partial charge in [-0.05, 0) is 31.5 Å². The molecule has 1 aliphatic rings. The second kappa shape index (κ2) is 13.9. The minimum absolute atomic E-state index is 0.124. The van der Waals surface area contributed by atoms with E-state index in [1.54, 1.807) is 18.2 Å². The first-order valence-corrected chi connectivity index (χ1v) is 13.2. The molecule has 3 rings (SSSR count). The van der Waals surface area contributed by atoms with Gasteiger partial charge in [0.05, 0.1) is 25.5 Å². The Morgan fingerprint density at radius 2 is 1.69 bits per heavy atom. The average Bonchev–Trinajstić information content (AvgIpc) is 2.86. The third-order valence-electron chi connectivity index (χ3n) is 6.55. The number of nitrogens with one attached hydrogen (secondary N) is 2. The summed E-state index contributed by atoms with van der Waals surface area (Å²) in [6.45, 7) is 4.48. The number of unbranched alkanes of at least 4 members (excludes halogenated alkanes) is 7. The zero-order valence-electron chi connectivity index (χ0n) is 21.8. The summed E-state index contributed by atoms with van der Waals surface area (Å²) in [5.41, 5.74) is 2.76. The maximum absolute atomic E-state index is 13.0.